The molecule has 0 aliphatic rings. The largest absolute Gasteiger partial charge is 0.452 e. The van der Waals surface area contributed by atoms with Crippen LogP contribution < -0.4 is 5.32 Å². The summed E-state index contributed by atoms with van der Waals surface area (Å²) < 4.78 is 5.15. The van der Waals surface area contributed by atoms with Gasteiger partial charge in [-0.2, -0.15) is 0 Å². The number of carbonyl (C=O) groups is 2. The summed E-state index contributed by atoms with van der Waals surface area (Å²) in [6.45, 7) is -0.499. The van der Waals surface area contributed by atoms with Crippen molar-refractivity contribution in [1.29, 1.82) is 0 Å². The smallest absolute Gasteiger partial charge is 0.338 e. The Balaban J connectivity index is 1.20. The Morgan fingerprint density at radius 1 is 1.00 bits per heavy atom. The van der Waals surface area contributed by atoms with E-state index in [0.717, 1.165) is 16.9 Å². The number of H-pyrrole nitrogens is 1. The van der Waals surface area contributed by atoms with Gasteiger partial charge in [0.2, 0.25) is 0 Å². The lowest BCUT2D eigenvalue weighted by Gasteiger charge is -2.05. The monoisotopic (exact) mass is 499 g/mol. The van der Waals surface area contributed by atoms with E-state index in [9.17, 15) is 19.7 Å². The molecule has 0 bridgehead atoms. The number of amides is 1. The Morgan fingerprint density at radius 3 is 2.61 bits per heavy atom. The molecule has 2 heterocycles. The highest BCUT2D eigenvalue weighted by molar-refractivity contribution is 7.14. The Labute approximate surface area is 207 Å². The van der Waals surface area contributed by atoms with E-state index < -0.39 is 23.4 Å². The highest BCUT2D eigenvalue weighted by Gasteiger charge is 2.15. The lowest BCUT2D eigenvalue weighted by Crippen LogP contribution is -2.20. The molecule has 2 N–H and O–H groups in total. The summed E-state index contributed by atoms with van der Waals surface area (Å²) in [5.41, 5.74) is 3.56. The van der Waals surface area contributed by atoms with Gasteiger partial charge in [0, 0.05) is 28.6 Å². The number of imidazole rings is 1. The van der Waals surface area contributed by atoms with Crippen molar-refractivity contribution < 1.29 is 19.2 Å². The Morgan fingerprint density at radius 2 is 1.81 bits per heavy atom. The third-order valence-electron chi connectivity index (χ3n) is 5.20. The highest BCUT2D eigenvalue weighted by Crippen LogP contribution is 2.27. The fourth-order valence-corrected chi connectivity index (χ4v) is 4.22. The maximum Gasteiger partial charge on any atom is 0.338 e. The topological polar surface area (TPSA) is 140 Å². The fraction of sp³-hybridized carbons (Fsp3) is 0.0400. The molecular weight excluding hydrogens is 482 g/mol. The third-order valence-corrected chi connectivity index (χ3v) is 5.96. The first-order valence-electron chi connectivity index (χ1n) is 10.7. The zero-order chi connectivity index (χ0) is 25.1. The molecule has 0 saturated carbocycles. The normalized spacial score (nSPS) is 10.8. The van der Waals surface area contributed by atoms with Crippen molar-refractivity contribution in [3.63, 3.8) is 0 Å². The first-order valence-corrected chi connectivity index (χ1v) is 11.6. The standard InChI is InChI=1S/C25H17N5O5S/c31-22(29-25-28-21(14-36-25)16-7-4-8-18(11-16)30(33)34)13-35-24(32)17-9-10-19-20(12-17)27-23(26-19)15-5-2-1-3-6-15/h1-12,14H,13H2,(H,26,27)(H,28,29,31). The van der Waals surface area contributed by atoms with Crippen LogP contribution in [0.15, 0.2) is 78.2 Å². The van der Waals surface area contributed by atoms with E-state index in [1.165, 1.54) is 12.1 Å². The Kier molecular flexibility index (Phi) is 6.20. The van der Waals surface area contributed by atoms with Crippen LogP contribution in [0.3, 0.4) is 0 Å². The number of esters is 1. The number of hydrogen-bond acceptors (Lipinski definition) is 8. The molecule has 2 aromatic heterocycles. The number of fused-ring (bicyclic) bond motifs is 1. The maximum atomic E-state index is 12.5. The Hall–Kier alpha value is -4.90. The molecule has 1 amide bonds. The van der Waals surface area contributed by atoms with Crippen LogP contribution in [0.25, 0.3) is 33.7 Å². The van der Waals surface area contributed by atoms with Crippen LogP contribution in [0.5, 0.6) is 0 Å². The SMILES string of the molecule is O=C(COC(=O)c1ccc2nc(-c3ccccc3)[nH]c2c1)Nc1nc(-c2cccc([N+](=O)[O-])c2)cs1. The van der Waals surface area contributed by atoms with Crippen molar-refractivity contribution in [3.05, 3.63) is 93.9 Å². The first kappa shape index (κ1) is 22.9. The molecule has 0 aliphatic carbocycles. The molecule has 0 saturated heterocycles. The molecule has 0 unspecified atom stereocenters. The summed E-state index contributed by atoms with van der Waals surface area (Å²) in [4.78, 5) is 47.3. The number of ether oxygens (including phenoxy) is 1. The van der Waals surface area contributed by atoms with Crippen LogP contribution in [0.4, 0.5) is 10.8 Å². The highest BCUT2D eigenvalue weighted by atomic mass is 32.1. The fourth-order valence-electron chi connectivity index (χ4n) is 3.48. The summed E-state index contributed by atoms with van der Waals surface area (Å²) in [6.07, 6.45) is 0. The Bertz CT molecular complexity index is 1600. The number of nitro groups is 1. The van der Waals surface area contributed by atoms with E-state index in [4.69, 9.17) is 4.74 Å². The minimum absolute atomic E-state index is 0.0531. The predicted molar refractivity (Wildman–Crippen MR) is 135 cm³/mol. The van der Waals surface area contributed by atoms with Gasteiger partial charge in [0.1, 0.15) is 5.82 Å². The number of hydrogen-bond donors (Lipinski definition) is 2. The molecule has 0 aliphatic heterocycles. The molecule has 36 heavy (non-hydrogen) atoms. The second kappa shape index (κ2) is 9.76. The van der Waals surface area contributed by atoms with Crippen molar-refractivity contribution in [3.8, 4) is 22.6 Å². The van der Waals surface area contributed by atoms with Gasteiger partial charge in [0.25, 0.3) is 11.6 Å². The number of carbonyl (C=O) groups excluding carboxylic acids is 2. The van der Waals surface area contributed by atoms with Crippen LogP contribution >= 0.6 is 11.3 Å². The van der Waals surface area contributed by atoms with Gasteiger partial charge in [-0.1, -0.05) is 42.5 Å². The second-order valence-corrected chi connectivity index (χ2v) is 8.51. The quantitative estimate of drug-likeness (QED) is 0.181. The number of rotatable bonds is 7. The molecule has 0 radical (unpaired) electrons. The lowest BCUT2D eigenvalue weighted by molar-refractivity contribution is -0.384. The second-order valence-electron chi connectivity index (χ2n) is 7.65. The molecule has 0 fully saturated rings. The minimum Gasteiger partial charge on any atom is -0.452 e. The molecular formula is C25H17N5O5S. The van der Waals surface area contributed by atoms with Gasteiger partial charge < -0.3 is 9.72 Å². The van der Waals surface area contributed by atoms with E-state index in [2.05, 4.69) is 20.3 Å². The van der Waals surface area contributed by atoms with Crippen LogP contribution in [-0.4, -0.2) is 38.4 Å². The van der Waals surface area contributed by atoms with Gasteiger partial charge in [0.05, 0.1) is 27.2 Å². The average molecular weight is 500 g/mol. The number of thiazole rings is 1. The lowest BCUT2D eigenvalue weighted by atomic mass is 10.1. The molecule has 5 rings (SSSR count). The third kappa shape index (κ3) is 4.95. The van der Waals surface area contributed by atoms with Crippen molar-refractivity contribution in [2.24, 2.45) is 0 Å². The van der Waals surface area contributed by atoms with Crippen LogP contribution in [0, 0.1) is 10.1 Å². The van der Waals surface area contributed by atoms with Crippen LogP contribution in [-0.2, 0) is 9.53 Å². The molecule has 178 valence electrons. The molecule has 10 nitrogen and oxygen atoms in total. The van der Waals surface area contributed by atoms with Crippen LogP contribution in [0.1, 0.15) is 10.4 Å². The number of nitrogens with one attached hydrogen (secondary N) is 2. The van der Waals surface area contributed by atoms with E-state index >= 15 is 0 Å². The summed E-state index contributed by atoms with van der Waals surface area (Å²) >= 11 is 1.15. The van der Waals surface area contributed by atoms with Gasteiger partial charge in [-0.25, -0.2) is 14.8 Å². The summed E-state index contributed by atoms with van der Waals surface area (Å²) in [5, 5.41) is 15.5. The van der Waals surface area contributed by atoms with Gasteiger partial charge in [-0.3, -0.25) is 20.2 Å². The van der Waals surface area contributed by atoms with Crippen molar-refractivity contribution >= 4 is 45.1 Å². The number of benzene rings is 3. The molecule has 11 heteroatoms. The average Bonchev–Trinajstić information content (AvgIpc) is 3.54. The number of non-ortho nitro benzene ring substituents is 1. The number of aromatic nitrogens is 3. The van der Waals surface area contributed by atoms with E-state index in [1.54, 1.807) is 35.7 Å². The number of nitro benzene ring substituents is 1. The van der Waals surface area contributed by atoms with E-state index in [1.807, 2.05) is 30.3 Å². The summed E-state index contributed by atoms with van der Waals surface area (Å²) in [5.74, 6) is -0.528. The summed E-state index contributed by atoms with van der Waals surface area (Å²) in [7, 11) is 0. The molecule has 0 spiro atoms. The number of anilines is 1. The zero-order valence-electron chi connectivity index (χ0n) is 18.5. The van der Waals surface area contributed by atoms with Gasteiger partial charge in [0.15, 0.2) is 11.7 Å². The van der Waals surface area contributed by atoms with Crippen molar-refractivity contribution in [2.45, 2.75) is 0 Å². The molecule has 0 atom stereocenters. The maximum absolute atomic E-state index is 12.5. The van der Waals surface area contributed by atoms with E-state index in [0.29, 0.717) is 28.1 Å². The van der Waals surface area contributed by atoms with Gasteiger partial charge in [-0.05, 0) is 18.2 Å². The predicted octanol–water partition coefficient (Wildman–Crippen LogP) is 5.06. The number of nitrogens with zero attached hydrogens (tertiary/aromatic N) is 3. The first-order chi connectivity index (χ1) is 17.5. The van der Waals surface area contributed by atoms with Crippen LogP contribution in [0.2, 0.25) is 0 Å². The molecule has 3 aromatic carbocycles. The summed E-state index contributed by atoms with van der Waals surface area (Å²) in [6, 6.07) is 20.6. The van der Waals surface area contributed by atoms with Crippen molar-refractivity contribution in [1.82, 2.24) is 15.0 Å². The van der Waals surface area contributed by atoms with Gasteiger partial charge in [-0.15, -0.1) is 11.3 Å². The molecule has 5 aromatic rings. The zero-order valence-corrected chi connectivity index (χ0v) is 19.3. The van der Waals surface area contributed by atoms with Crippen molar-refractivity contribution in [2.75, 3.05) is 11.9 Å². The van der Waals surface area contributed by atoms with Gasteiger partial charge >= 0.3 is 5.97 Å². The van der Waals surface area contributed by atoms with E-state index in [-0.39, 0.29) is 16.4 Å². The minimum atomic E-state index is -0.653. The number of aromatic amines is 1.